The number of sulfonamides is 1. The number of nitrogens with zero attached hydrogens (tertiary/aromatic N) is 1. The molecule has 0 amide bonds. The Morgan fingerprint density at radius 2 is 1.81 bits per heavy atom. The molecule has 1 aliphatic rings. The molecule has 2 aromatic rings. The van der Waals surface area contributed by atoms with Crippen LogP contribution in [0.3, 0.4) is 0 Å². The van der Waals surface area contributed by atoms with Gasteiger partial charge in [-0.1, -0.05) is 17.7 Å². The Hall–Kier alpha value is -2.72. The lowest BCUT2D eigenvalue weighted by atomic mass is 10.1. The van der Waals surface area contributed by atoms with Crippen molar-refractivity contribution in [1.29, 1.82) is 0 Å². The van der Waals surface area contributed by atoms with Crippen molar-refractivity contribution in [2.24, 2.45) is 0 Å². The molecule has 0 aromatic heterocycles. The molecule has 0 unspecified atom stereocenters. The molecule has 0 radical (unpaired) electrons. The Labute approximate surface area is 191 Å². The number of hydrogen-bond acceptors (Lipinski definition) is 7. The van der Waals surface area contributed by atoms with Crippen LogP contribution < -0.4 is 4.74 Å². The maximum atomic E-state index is 13.0. The number of esters is 1. The molecule has 0 atom stereocenters. The van der Waals surface area contributed by atoms with Crippen molar-refractivity contribution in [3.05, 3.63) is 64.7 Å². The average Bonchev–Trinajstić information content (AvgIpc) is 2.82. The lowest BCUT2D eigenvalue weighted by Gasteiger charge is -2.26. The van der Waals surface area contributed by atoms with Crippen molar-refractivity contribution < 1.29 is 32.2 Å². The van der Waals surface area contributed by atoms with Gasteiger partial charge in [0.25, 0.3) is 0 Å². The fourth-order valence-electron chi connectivity index (χ4n) is 2.99. The Balaban J connectivity index is 1.68. The van der Waals surface area contributed by atoms with Gasteiger partial charge in [0.1, 0.15) is 10.6 Å². The highest BCUT2D eigenvalue weighted by atomic mass is 35.5. The molecule has 8 nitrogen and oxygen atoms in total. The van der Waals surface area contributed by atoms with Gasteiger partial charge in [0, 0.05) is 29.8 Å². The summed E-state index contributed by atoms with van der Waals surface area (Å²) in [7, 11) is -2.41. The number of ketones is 1. The van der Waals surface area contributed by atoms with E-state index in [1.165, 1.54) is 29.6 Å². The first-order chi connectivity index (χ1) is 15.3. The number of rotatable bonds is 8. The third-order valence-corrected chi connectivity index (χ3v) is 6.87. The summed E-state index contributed by atoms with van der Waals surface area (Å²) in [6.45, 7) is 0.715. The van der Waals surface area contributed by atoms with Crippen molar-refractivity contribution in [1.82, 2.24) is 4.31 Å². The van der Waals surface area contributed by atoms with Gasteiger partial charge in [0.15, 0.2) is 12.4 Å². The second-order valence-electron chi connectivity index (χ2n) is 6.80. The zero-order chi connectivity index (χ0) is 23.1. The van der Waals surface area contributed by atoms with E-state index in [1.807, 2.05) is 0 Å². The fourth-order valence-corrected chi connectivity index (χ4v) is 4.72. The Bertz CT molecular complexity index is 1110. The number of methoxy groups -OCH3 is 1. The predicted molar refractivity (Wildman–Crippen MR) is 118 cm³/mol. The molecule has 3 rings (SSSR count). The number of hydrogen-bond donors (Lipinski definition) is 0. The van der Waals surface area contributed by atoms with E-state index in [4.69, 9.17) is 25.8 Å². The van der Waals surface area contributed by atoms with Gasteiger partial charge in [0.2, 0.25) is 10.0 Å². The van der Waals surface area contributed by atoms with Gasteiger partial charge < -0.3 is 14.2 Å². The molecule has 1 saturated heterocycles. The summed E-state index contributed by atoms with van der Waals surface area (Å²) in [4.78, 5) is 24.1. The van der Waals surface area contributed by atoms with E-state index in [1.54, 1.807) is 30.3 Å². The molecule has 170 valence electrons. The van der Waals surface area contributed by atoms with E-state index in [0.29, 0.717) is 29.4 Å². The van der Waals surface area contributed by atoms with E-state index >= 15 is 0 Å². The molecule has 0 spiro atoms. The molecule has 10 heteroatoms. The van der Waals surface area contributed by atoms with E-state index in [2.05, 4.69) is 0 Å². The molecule has 0 bridgehead atoms. The Kier molecular flexibility index (Phi) is 8.03. The lowest BCUT2D eigenvalue weighted by molar-refractivity contribution is -0.136. The monoisotopic (exact) mass is 479 g/mol. The first-order valence-electron chi connectivity index (χ1n) is 9.71. The highest BCUT2D eigenvalue weighted by Crippen LogP contribution is 2.28. The minimum Gasteiger partial charge on any atom is -0.495 e. The smallest absolute Gasteiger partial charge is 0.331 e. The number of halogens is 1. The largest absolute Gasteiger partial charge is 0.495 e. The van der Waals surface area contributed by atoms with Crippen LogP contribution in [-0.2, 0) is 24.3 Å². The number of benzene rings is 2. The van der Waals surface area contributed by atoms with Gasteiger partial charge in [-0.05, 0) is 48.0 Å². The molecule has 1 heterocycles. The van der Waals surface area contributed by atoms with Crippen LogP contribution in [0.4, 0.5) is 0 Å². The standard InChI is InChI=1S/C22H22ClNO7S/c1-29-20-8-2-16(14-21(20)32(27,28)24-10-12-30-13-11-24)3-9-22(26)31-15-19(25)17-4-6-18(23)7-5-17/h2-9,14H,10-13,15H2,1H3/b9-3+. The summed E-state index contributed by atoms with van der Waals surface area (Å²) in [5.74, 6) is -0.905. The summed E-state index contributed by atoms with van der Waals surface area (Å²) in [6, 6.07) is 10.8. The van der Waals surface area contributed by atoms with Crippen LogP contribution >= 0.6 is 11.6 Å². The van der Waals surface area contributed by atoms with Crippen LogP contribution in [-0.4, -0.2) is 64.5 Å². The van der Waals surface area contributed by atoms with Crippen LogP contribution in [0.25, 0.3) is 6.08 Å². The molecular weight excluding hydrogens is 458 g/mol. The normalized spacial score (nSPS) is 14.9. The molecule has 0 saturated carbocycles. The SMILES string of the molecule is COc1ccc(/C=C/C(=O)OCC(=O)c2ccc(Cl)cc2)cc1S(=O)(=O)N1CCOCC1. The van der Waals surface area contributed by atoms with Crippen LogP contribution in [0, 0.1) is 0 Å². The Morgan fingerprint density at radius 1 is 1.12 bits per heavy atom. The number of Topliss-reactive ketones (excluding diaryl/α,β-unsaturated/α-hetero) is 1. The van der Waals surface area contributed by atoms with E-state index < -0.39 is 22.6 Å². The Morgan fingerprint density at radius 3 is 2.47 bits per heavy atom. The average molecular weight is 480 g/mol. The van der Waals surface area contributed by atoms with Crippen LogP contribution in [0.5, 0.6) is 5.75 Å². The highest BCUT2D eigenvalue weighted by molar-refractivity contribution is 7.89. The van der Waals surface area contributed by atoms with Gasteiger partial charge in [-0.15, -0.1) is 0 Å². The van der Waals surface area contributed by atoms with E-state index in [9.17, 15) is 18.0 Å². The van der Waals surface area contributed by atoms with E-state index in [-0.39, 0.29) is 29.5 Å². The van der Waals surface area contributed by atoms with Gasteiger partial charge in [-0.3, -0.25) is 4.79 Å². The van der Waals surface area contributed by atoms with Crippen molar-refractivity contribution in [2.75, 3.05) is 40.0 Å². The minimum atomic E-state index is -3.80. The third kappa shape index (κ3) is 5.95. The molecule has 32 heavy (non-hydrogen) atoms. The quantitative estimate of drug-likeness (QED) is 0.326. The summed E-state index contributed by atoms with van der Waals surface area (Å²) >= 11 is 5.79. The number of carbonyl (C=O) groups excluding carboxylic acids is 2. The second kappa shape index (κ2) is 10.7. The fraction of sp³-hybridized carbons (Fsp3) is 0.273. The molecule has 0 aliphatic carbocycles. The topological polar surface area (TPSA) is 99.2 Å². The zero-order valence-electron chi connectivity index (χ0n) is 17.3. The third-order valence-electron chi connectivity index (χ3n) is 4.70. The van der Waals surface area contributed by atoms with Gasteiger partial charge in [-0.2, -0.15) is 4.31 Å². The molecule has 2 aromatic carbocycles. The van der Waals surface area contributed by atoms with Crippen LogP contribution in [0.1, 0.15) is 15.9 Å². The molecule has 1 aliphatic heterocycles. The number of ether oxygens (including phenoxy) is 3. The van der Waals surface area contributed by atoms with Crippen molar-refractivity contribution in [2.45, 2.75) is 4.90 Å². The summed E-state index contributed by atoms with van der Waals surface area (Å²) in [5.41, 5.74) is 0.831. The number of morpholine rings is 1. The predicted octanol–water partition coefficient (Wildman–Crippen LogP) is 2.81. The molecule has 1 fully saturated rings. The second-order valence-corrected chi connectivity index (χ2v) is 9.14. The lowest BCUT2D eigenvalue weighted by Crippen LogP contribution is -2.40. The molecular formula is C22H22ClNO7S. The minimum absolute atomic E-state index is 0.00432. The van der Waals surface area contributed by atoms with Crippen molar-refractivity contribution >= 4 is 39.5 Å². The van der Waals surface area contributed by atoms with Crippen LogP contribution in [0.15, 0.2) is 53.4 Å². The van der Waals surface area contributed by atoms with Crippen molar-refractivity contribution in [3.63, 3.8) is 0 Å². The van der Waals surface area contributed by atoms with Gasteiger partial charge in [0.05, 0.1) is 20.3 Å². The first kappa shape index (κ1) is 23.9. The van der Waals surface area contributed by atoms with Crippen LogP contribution in [0.2, 0.25) is 5.02 Å². The maximum absolute atomic E-state index is 13.0. The summed E-state index contributed by atoms with van der Waals surface area (Å²) in [5, 5.41) is 0.496. The van der Waals surface area contributed by atoms with E-state index in [0.717, 1.165) is 6.08 Å². The zero-order valence-corrected chi connectivity index (χ0v) is 18.9. The summed E-state index contributed by atoms with van der Waals surface area (Å²) < 4.78 is 42.8. The molecule has 0 N–H and O–H groups in total. The highest BCUT2D eigenvalue weighted by Gasteiger charge is 2.29. The van der Waals surface area contributed by atoms with Gasteiger partial charge in [-0.25, -0.2) is 13.2 Å². The van der Waals surface area contributed by atoms with Gasteiger partial charge >= 0.3 is 5.97 Å². The number of carbonyl (C=O) groups is 2. The maximum Gasteiger partial charge on any atom is 0.331 e. The van der Waals surface area contributed by atoms with Crippen molar-refractivity contribution in [3.8, 4) is 5.75 Å². The first-order valence-corrected chi connectivity index (χ1v) is 11.5. The summed E-state index contributed by atoms with van der Waals surface area (Å²) in [6.07, 6.45) is 2.54.